The average molecular weight is 303 g/mol. The summed E-state index contributed by atoms with van der Waals surface area (Å²) < 4.78 is 6.99. The molecule has 1 N–H and O–H groups in total. The zero-order chi connectivity index (χ0) is 15.0. The number of fused-ring (bicyclic) bond motifs is 1. The quantitative estimate of drug-likeness (QED) is 0.802. The Labute approximate surface area is 127 Å². The summed E-state index contributed by atoms with van der Waals surface area (Å²) in [7, 11) is 1.63. The molecule has 2 aromatic heterocycles. The van der Waals surface area contributed by atoms with Gasteiger partial charge in [-0.15, -0.1) is 0 Å². The number of aromatic nitrogens is 2. The van der Waals surface area contributed by atoms with Crippen molar-refractivity contribution in [2.75, 3.05) is 7.11 Å². The molecule has 0 aliphatic carbocycles. The molecule has 1 atom stereocenters. The monoisotopic (exact) mass is 302 g/mol. The largest absolute Gasteiger partial charge is 0.497 e. The van der Waals surface area contributed by atoms with Gasteiger partial charge in [0.25, 0.3) is 0 Å². The minimum Gasteiger partial charge on any atom is -0.497 e. The first-order valence-electron chi connectivity index (χ1n) is 6.60. The van der Waals surface area contributed by atoms with Crippen LogP contribution in [-0.2, 0) is 0 Å². The Morgan fingerprint density at radius 1 is 1.24 bits per heavy atom. The van der Waals surface area contributed by atoms with Gasteiger partial charge in [-0.3, -0.25) is 4.40 Å². The molecular formula is C16H15ClN2O2. The molecule has 0 radical (unpaired) electrons. The summed E-state index contributed by atoms with van der Waals surface area (Å²) in [6.45, 7) is 1.72. The third-order valence-electron chi connectivity index (χ3n) is 3.40. The number of imidazole rings is 1. The van der Waals surface area contributed by atoms with E-state index in [-0.39, 0.29) is 0 Å². The summed E-state index contributed by atoms with van der Waals surface area (Å²) in [4.78, 5) is 4.59. The predicted molar refractivity (Wildman–Crippen MR) is 82.8 cm³/mol. The Bertz CT molecular complexity index is 779. The molecule has 1 aromatic carbocycles. The third-order valence-corrected chi connectivity index (χ3v) is 3.69. The van der Waals surface area contributed by atoms with Gasteiger partial charge in [-0.25, -0.2) is 4.98 Å². The lowest BCUT2D eigenvalue weighted by Crippen LogP contribution is -1.99. The van der Waals surface area contributed by atoms with Gasteiger partial charge in [0.1, 0.15) is 5.75 Å². The van der Waals surface area contributed by atoms with Gasteiger partial charge >= 0.3 is 0 Å². The van der Waals surface area contributed by atoms with E-state index in [0.29, 0.717) is 10.7 Å². The van der Waals surface area contributed by atoms with E-state index < -0.39 is 6.10 Å². The lowest BCUT2D eigenvalue weighted by Gasteiger charge is -2.08. The van der Waals surface area contributed by atoms with E-state index in [9.17, 15) is 5.11 Å². The first-order valence-corrected chi connectivity index (χ1v) is 6.98. The van der Waals surface area contributed by atoms with Crippen LogP contribution in [0.25, 0.3) is 16.9 Å². The molecule has 0 saturated heterocycles. The summed E-state index contributed by atoms with van der Waals surface area (Å²) in [5, 5.41) is 10.7. The number of pyridine rings is 1. The van der Waals surface area contributed by atoms with Crippen LogP contribution in [0.4, 0.5) is 0 Å². The molecule has 4 nitrogen and oxygen atoms in total. The molecule has 0 amide bonds. The van der Waals surface area contributed by atoms with Crippen LogP contribution in [0.15, 0.2) is 42.6 Å². The van der Waals surface area contributed by atoms with Gasteiger partial charge in [-0.2, -0.15) is 0 Å². The molecule has 5 heteroatoms. The predicted octanol–water partition coefficient (Wildman–Crippen LogP) is 3.72. The fourth-order valence-electron chi connectivity index (χ4n) is 2.41. The number of benzene rings is 1. The molecule has 0 saturated carbocycles. The second-order valence-corrected chi connectivity index (χ2v) is 5.21. The molecule has 108 valence electrons. The lowest BCUT2D eigenvalue weighted by atomic mass is 10.1. The van der Waals surface area contributed by atoms with Gasteiger partial charge in [-0.05, 0) is 43.3 Å². The summed E-state index contributed by atoms with van der Waals surface area (Å²) in [6.07, 6.45) is 1.19. The average Bonchev–Trinajstić information content (AvgIpc) is 2.88. The van der Waals surface area contributed by atoms with Crippen molar-refractivity contribution in [2.24, 2.45) is 0 Å². The molecule has 21 heavy (non-hydrogen) atoms. The van der Waals surface area contributed by atoms with Gasteiger partial charge in [-0.1, -0.05) is 11.6 Å². The van der Waals surface area contributed by atoms with Gasteiger partial charge in [0, 0.05) is 11.8 Å². The van der Waals surface area contributed by atoms with Crippen LogP contribution in [0.5, 0.6) is 5.75 Å². The van der Waals surface area contributed by atoms with Crippen LogP contribution in [0, 0.1) is 0 Å². The van der Waals surface area contributed by atoms with Crippen molar-refractivity contribution in [3.8, 4) is 17.0 Å². The molecule has 1 unspecified atom stereocenters. The highest BCUT2D eigenvalue weighted by Gasteiger charge is 2.19. The number of hydrogen-bond donors (Lipinski definition) is 1. The maximum absolute atomic E-state index is 10.1. The number of aliphatic hydroxyl groups is 1. The van der Waals surface area contributed by atoms with Gasteiger partial charge in [0.05, 0.1) is 29.6 Å². The maximum Gasteiger partial charge on any atom is 0.156 e. The number of halogens is 1. The zero-order valence-corrected chi connectivity index (χ0v) is 12.5. The van der Waals surface area contributed by atoms with E-state index >= 15 is 0 Å². The van der Waals surface area contributed by atoms with Crippen molar-refractivity contribution in [2.45, 2.75) is 13.0 Å². The Morgan fingerprint density at radius 3 is 2.57 bits per heavy atom. The fourth-order valence-corrected chi connectivity index (χ4v) is 2.62. The van der Waals surface area contributed by atoms with Gasteiger partial charge in [0.15, 0.2) is 5.65 Å². The van der Waals surface area contributed by atoms with E-state index in [2.05, 4.69) is 4.98 Å². The molecule has 0 aliphatic rings. The minimum absolute atomic E-state index is 0.555. The van der Waals surface area contributed by atoms with E-state index in [1.807, 2.05) is 40.9 Å². The van der Waals surface area contributed by atoms with E-state index in [1.54, 1.807) is 20.1 Å². The molecule has 0 fully saturated rings. The van der Waals surface area contributed by atoms with Crippen molar-refractivity contribution in [1.29, 1.82) is 0 Å². The highest BCUT2D eigenvalue weighted by molar-refractivity contribution is 6.33. The first-order chi connectivity index (χ1) is 10.1. The van der Waals surface area contributed by atoms with Crippen LogP contribution < -0.4 is 4.74 Å². The number of rotatable bonds is 3. The fraction of sp³-hybridized carbons (Fsp3) is 0.188. The number of aliphatic hydroxyl groups excluding tert-OH is 1. The Morgan fingerprint density at radius 2 is 1.95 bits per heavy atom. The highest BCUT2D eigenvalue weighted by Crippen LogP contribution is 2.32. The summed E-state index contributed by atoms with van der Waals surface area (Å²) in [6, 6.07) is 11.2. The van der Waals surface area contributed by atoms with E-state index in [1.165, 1.54) is 0 Å². The summed E-state index contributed by atoms with van der Waals surface area (Å²) in [5.74, 6) is 0.777. The Kier molecular flexibility index (Phi) is 3.57. The van der Waals surface area contributed by atoms with Crippen LogP contribution in [0.1, 0.15) is 18.7 Å². The lowest BCUT2D eigenvalue weighted by molar-refractivity contribution is 0.194. The van der Waals surface area contributed by atoms with Crippen LogP contribution in [0.3, 0.4) is 0 Å². The normalized spacial score (nSPS) is 12.6. The van der Waals surface area contributed by atoms with E-state index in [4.69, 9.17) is 16.3 Å². The van der Waals surface area contributed by atoms with Crippen molar-refractivity contribution in [1.82, 2.24) is 9.38 Å². The number of hydrogen-bond acceptors (Lipinski definition) is 3. The van der Waals surface area contributed by atoms with Crippen molar-refractivity contribution in [3.63, 3.8) is 0 Å². The SMILES string of the molecule is COc1ccc(-c2nc3c(Cl)cccn3c2C(C)O)cc1. The molecule has 2 heterocycles. The zero-order valence-electron chi connectivity index (χ0n) is 11.7. The standard InChI is InChI=1S/C16H15ClN2O2/c1-10(20)15-14(11-5-7-12(21-2)8-6-11)18-16-13(17)4-3-9-19(15)16/h3-10,20H,1-2H3. The topological polar surface area (TPSA) is 46.8 Å². The van der Waals surface area contributed by atoms with Crippen molar-refractivity contribution < 1.29 is 9.84 Å². The number of nitrogens with zero attached hydrogens (tertiary/aromatic N) is 2. The Balaban J connectivity index is 2.25. The number of ether oxygens (including phenoxy) is 1. The molecule has 3 rings (SSSR count). The second-order valence-electron chi connectivity index (χ2n) is 4.80. The van der Waals surface area contributed by atoms with Gasteiger partial charge < -0.3 is 9.84 Å². The maximum atomic E-state index is 10.1. The Hall–Kier alpha value is -2.04. The summed E-state index contributed by atoms with van der Waals surface area (Å²) in [5.41, 5.74) is 2.99. The molecular weight excluding hydrogens is 288 g/mol. The van der Waals surface area contributed by atoms with Crippen molar-refractivity contribution >= 4 is 17.2 Å². The smallest absolute Gasteiger partial charge is 0.156 e. The van der Waals surface area contributed by atoms with Crippen LogP contribution in [0.2, 0.25) is 5.02 Å². The van der Waals surface area contributed by atoms with Gasteiger partial charge in [0.2, 0.25) is 0 Å². The molecule has 0 spiro atoms. The van der Waals surface area contributed by atoms with Crippen LogP contribution in [-0.4, -0.2) is 21.6 Å². The first kappa shape index (κ1) is 13.9. The number of methoxy groups -OCH3 is 1. The van der Waals surface area contributed by atoms with Crippen molar-refractivity contribution in [3.05, 3.63) is 53.3 Å². The van der Waals surface area contributed by atoms with E-state index in [0.717, 1.165) is 22.7 Å². The molecule has 3 aromatic rings. The molecule has 0 bridgehead atoms. The second kappa shape index (κ2) is 5.39. The summed E-state index contributed by atoms with van der Waals surface area (Å²) >= 11 is 6.20. The third kappa shape index (κ3) is 2.37. The molecule has 0 aliphatic heterocycles. The highest BCUT2D eigenvalue weighted by atomic mass is 35.5. The van der Waals surface area contributed by atoms with Crippen LogP contribution >= 0.6 is 11.6 Å². The minimum atomic E-state index is -0.657.